The molecule has 4 rings (SSSR count). The summed E-state index contributed by atoms with van der Waals surface area (Å²) in [5, 5.41) is 6.61. The van der Waals surface area contributed by atoms with Crippen LogP contribution in [0.25, 0.3) is 20.8 Å². The number of thiazole rings is 1. The number of benzene rings is 1. The van der Waals surface area contributed by atoms with Crippen LogP contribution >= 0.6 is 34.4 Å². The van der Waals surface area contributed by atoms with Gasteiger partial charge in [0.1, 0.15) is 27.8 Å². The molecule has 0 radical (unpaired) electrons. The van der Waals surface area contributed by atoms with Gasteiger partial charge in [-0.25, -0.2) is 15.0 Å². The van der Waals surface area contributed by atoms with E-state index in [2.05, 4.69) is 53.1 Å². The van der Waals surface area contributed by atoms with Gasteiger partial charge in [0.15, 0.2) is 0 Å². The Hall–Kier alpha value is -2.29. The fourth-order valence-electron chi connectivity index (χ4n) is 2.72. The first-order valence-corrected chi connectivity index (χ1v) is 11.9. The fraction of sp³-hybridized carbons (Fsp3) is 0.238. The molecule has 5 nitrogen and oxygen atoms in total. The number of fused-ring (bicyclic) bond motifs is 1. The molecule has 0 spiro atoms. The first-order chi connectivity index (χ1) is 14.1. The smallest absolute Gasteiger partial charge is 0.316 e. The van der Waals surface area contributed by atoms with Gasteiger partial charge in [-0.05, 0) is 22.9 Å². The quantitative estimate of drug-likeness (QED) is 0.206. The normalized spacial score (nSPS) is 11.3. The van der Waals surface area contributed by atoms with Gasteiger partial charge >= 0.3 is 5.97 Å². The highest BCUT2D eigenvalue weighted by Gasteiger charge is 2.11. The second-order valence-corrected chi connectivity index (χ2v) is 9.41. The maximum Gasteiger partial charge on any atom is 0.316 e. The molecular formula is C21H19N3O2S3. The van der Waals surface area contributed by atoms with Crippen LogP contribution in [-0.4, -0.2) is 26.7 Å². The molecule has 4 aromatic rings. The molecule has 0 fully saturated rings. The first-order valence-electron chi connectivity index (χ1n) is 9.11. The number of hydrogen-bond donors (Lipinski definition) is 0. The average Bonchev–Trinajstić information content (AvgIpc) is 3.40. The molecule has 0 unspecified atom stereocenters. The average molecular weight is 442 g/mol. The van der Waals surface area contributed by atoms with E-state index < -0.39 is 0 Å². The monoisotopic (exact) mass is 441 g/mol. The van der Waals surface area contributed by atoms with E-state index in [0.29, 0.717) is 5.92 Å². The maximum absolute atomic E-state index is 12.1. The van der Waals surface area contributed by atoms with Crippen molar-refractivity contribution in [2.45, 2.75) is 31.4 Å². The Bertz CT molecular complexity index is 1120. The molecule has 3 aromatic heterocycles. The lowest BCUT2D eigenvalue weighted by Crippen LogP contribution is -2.07. The molecule has 0 aliphatic rings. The van der Waals surface area contributed by atoms with Crippen molar-refractivity contribution in [3.63, 3.8) is 0 Å². The standard InChI is InChI=1S/C21H19N3O2S3/c1-13(2)14-3-5-15(6-4-14)19-24-16(10-28-19)9-26-18(25)11-29-21-17-7-8-27-20(17)22-12-23-21/h3-8,10,12-13H,9,11H2,1-2H3. The van der Waals surface area contributed by atoms with Crippen molar-refractivity contribution in [2.75, 3.05) is 5.75 Å². The number of rotatable bonds is 7. The number of aromatic nitrogens is 3. The topological polar surface area (TPSA) is 65.0 Å². The van der Waals surface area contributed by atoms with Crippen molar-refractivity contribution in [3.05, 3.63) is 58.7 Å². The molecule has 0 N–H and O–H groups in total. The van der Waals surface area contributed by atoms with Crippen molar-refractivity contribution < 1.29 is 9.53 Å². The van der Waals surface area contributed by atoms with Crippen LogP contribution in [0, 0.1) is 0 Å². The van der Waals surface area contributed by atoms with Gasteiger partial charge in [-0.15, -0.1) is 22.7 Å². The zero-order valence-electron chi connectivity index (χ0n) is 16.0. The molecule has 8 heteroatoms. The van der Waals surface area contributed by atoms with Crippen LogP contribution in [0.15, 0.2) is 52.4 Å². The van der Waals surface area contributed by atoms with Crippen molar-refractivity contribution in [3.8, 4) is 10.6 Å². The molecule has 0 atom stereocenters. The van der Waals surface area contributed by atoms with E-state index in [1.54, 1.807) is 22.7 Å². The van der Waals surface area contributed by atoms with Crippen molar-refractivity contribution in [1.29, 1.82) is 0 Å². The van der Waals surface area contributed by atoms with Gasteiger partial charge in [0, 0.05) is 16.3 Å². The van der Waals surface area contributed by atoms with E-state index in [9.17, 15) is 4.79 Å². The minimum Gasteiger partial charge on any atom is -0.459 e. The van der Waals surface area contributed by atoms with Gasteiger partial charge in [0.25, 0.3) is 0 Å². The molecule has 0 saturated heterocycles. The van der Waals surface area contributed by atoms with E-state index >= 15 is 0 Å². The number of hydrogen-bond acceptors (Lipinski definition) is 8. The highest BCUT2D eigenvalue weighted by molar-refractivity contribution is 8.00. The summed E-state index contributed by atoms with van der Waals surface area (Å²) in [5.41, 5.74) is 3.15. The Morgan fingerprint density at radius 2 is 1.97 bits per heavy atom. The minimum atomic E-state index is -0.284. The van der Waals surface area contributed by atoms with E-state index in [4.69, 9.17) is 4.74 Å². The second kappa shape index (κ2) is 9.02. The van der Waals surface area contributed by atoms with E-state index in [0.717, 1.165) is 31.5 Å². The lowest BCUT2D eigenvalue weighted by Gasteiger charge is -2.05. The predicted molar refractivity (Wildman–Crippen MR) is 120 cm³/mol. The summed E-state index contributed by atoms with van der Waals surface area (Å²) < 4.78 is 5.39. The van der Waals surface area contributed by atoms with Crippen LogP contribution < -0.4 is 0 Å². The van der Waals surface area contributed by atoms with E-state index in [1.165, 1.54) is 23.7 Å². The van der Waals surface area contributed by atoms with Gasteiger partial charge in [-0.3, -0.25) is 4.79 Å². The van der Waals surface area contributed by atoms with Crippen LogP contribution in [0.5, 0.6) is 0 Å². The highest BCUT2D eigenvalue weighted by atomic mass is 32.2. The number of carbonyl (C=O) groups excluding carboxylic acids is 1. The fourth-order valence-corrected chi connectivity index (χ4v) is 5.11. The number of ether oxygens (including phenoxy) is 1. The van der Waals surface area contributed by atoms with Gasteiger partial charge in [-0.1, -0.05) is 49.9 Å². The van der Waals surface area contributed by atoms with Crippen LogP contribution in [-0.2, 0) is 16.1 Å². The minimum absolute atomic E-state index is 0.178. The van der Waals surface area contributed by atoms with Gasteiger partial charge in [0.2, 0.25) is 0 Å². The molecule has 1 aromatic carbocycles. The Morgan fingerprint density at radius 3 is 2.76 bits per heavy atom. The van der Waals surface area contributed by atoms with Crippen LogP contribution in [0.1, 0.15) is 31.0 Å². The molecule has 0 amide bonds. The summed E-state index contributed by atoms with van der Waals surface area (Å²) in [7, 11) is 0. The van der Waals surface area contributed by atoms with Gasteiger partial charge in [0.05, 0.1) is 11.4 Å². The summed E-state index contributed by atoms with van der Waals surface area (Å²) in [5.74, 6) is 0.425. The number of thioether (sulfide) groups is 1. The predicted octanol–water partition coefficient (Wildman–Crippen LogP) is 5.77. The Balaban J connectivity index is 1.31. The lowest BCUT2D eigenvalue weighted by atomic mass is 10.0. The maximum atomic E-state index is 12.1. The van der Waals surface area contributed by atoms with Crippen LogP contribution in [0.4, 0.5) is 0 Å². The lowest BCUT2D eigenvalue weighted by molar-refractivity contribution is -0.141. The summed E-state index contributed by atoms with van der Waals surface area (Å²) in [6.45, 7) is 4.53. The largest absolute Gasteiger partial charge is 0.459 e. The van der Waals surface area contributed by atoms with Crippen molar-refractivity contribution in [1.82, 2.24) is 15.0 Å². The number of thiophene rings is 1. The number of nitrogens with zero attached hydrogens (tertiary/aromatic N) is 3. The third-order valence-electron chi connectivity index (χ3n) is 4.31. The molecule has 3 heterocycles. The highest BCUT2D eigenvalue weighted by Crippen LogP contribution is 2.28. The molecule has 0 aliphatic carbocycles. The summed E-state index contributed by atoms with van der Waals surface area (Å²) >= 11 is 4.48. The Morgan fingerprint density at radius 1 is 1.14 bits per heavy atom. The SMILES string of the molecule is CC(C)c1ccc(-c2nc(COC(=O)CSc3ncnc4sccc34)cs2)cc1. The zero-order chi connectivity index (χ0) is 20.2. The summed E-state index contributed by atoms with van der Waals surface area (Å²) in [6.07, 6.45) is 1.52. The number of carbonyl (C=O) groups is 1. The Kier molecular flexibility index (Phi) is 6.22. The third kappa shape index (κ3) is 4.83. The van der Waals surface area contributed by atoms with Crippen LogP contribution in [0.2, 0.25) is 0 Å². The van der Waals surface area contributed by atoms with Crippen molar-refractivity contribution in [2.24, 2.45) is 0 Å². The molecule has 0 saturated carbocycles. The number of esters is 1. The third-order valence-corrected chi connectivity index (χ3v) is 7.05. The van der Waals surface area contributed by atoms with Crippen molar-refractivity contribution >= 4 is 50.6 Å². The summed E-state index contributed by atoms with van der Waals surface area (Å²) in [4.78, 5) is 26.1. The second-order valence-electron chi connectivity index (χ2n) is 6.69. The molecule has 0 aliphatic heterocycles. The first kappa shape index (κ1) is 20.0. The zero-order valence-corrected chi connectivity index (χ0v) is 18.4. The molecule has 0 bridgehead atoms. The van der Waals surface area contributed by atoms with E-state index in [-0.39, 0.29) is 18.3 Å². The van der Waals surface area contributed by atoms with E-state index in [1.807, 2.05) is 16.8 Å². The molecule has 29 heavy (non-hydrogen) atoms. The molecule has 148 valence electrons. The van der Waals surface area contributed by atoms with Gasteiger partial charge in [-0.2, -0.15) is 0 Å². The Labute approximate surface area is 181 Å². The summed E-state index contributed by atoms with van der Waals surface area (Å²) in [6, 6.07) is 10.4. The van der Waals surface area contributed by atoms with Gasteiger partial charge < -0.3 is 4.74 Å². The van der Waals surface area contributed by atoms with Crippen LogP contribution in [0.3, 0.4) is 0 Å². The molecular weight excluding hydrogens is 422 g/mol.